The van der Waals surface area contributed by atoms with E-state index in [0.717, 1.165) is 42.6 Å². The van der Waals surface area contributed by atoms with Crippen LogP contribution >= 0.6 is 0 Å². The highest BCUT2D eigenvalue weighted by molar-refractivity contribution is 5.79. The van der Waals surface area contributed by atoms with Crippen LogP contribution < -0.4 is 15.4 Å². The summed E-state index contributed by atoms with van der Waals surface area (Å²) in [6, 6.07) is 18.1. The van der Waals surface area contributed by atoms with Crippen LogP contribution in [0.15, 0.2) is 65.9 Å². The van der Waals surface area contributed by atoms with E-state index < -0.39 is 0 Å². The molecule has 7 heteroatoms. The average molecular weight is 393 g/mol. The van der Waals surface area contributed by atoms with E-state index in [-0.39, 0.29) is 0 Å². The van der Waals surface area contributed by atoms with Gasteiger partial charge < -0.3 is 19.9 Å². The first-order chi connectivity index (χ1) is 14.3. The van der Waals surface area contributed by atoms with Crippen LogP contribution in [0.5, 0.6) is 5.75 Å². The van der Waals surface area contributed by atoms with E-state index in [4.69, 9.17) is 4.74 Å². The Morgan fingerprint density at radius 2 is 1.79 bits per heavy atom. The van der Waals surface area contributed by atoms with Gasteiger partial charge in [0.1, 0.15) is 24.5 Å². The van der Waals surface area contributed by atoms with Crippen molar-refractivity contribution in [3.05, 3.63) is 77.9 Å². The van der Waals surface area contributed by atoms with Crippen LogP contribution in [0.1, 0.15) is 23.9 Å². The van der Waals surface area contributed by atoms with Crippen LogP contribution in [-0.4, -0.2) is 34.3 Å². The molecule has 2 N–H and O–H groups in total. The summed E-state index contributed by atoms with van der Waals surface area (Å²) in [6.07, 6.45) is 2.63. The maximum absolute atomic E-state index is 5.91. The second kappa shape index (κ2) is 10.8. The molecule has 0 aliphatic rings. The van der Waals surface area contributed by atoms with Crippen molar-refractivity contribution in [2.24, 2.45) is 4.99 Å². The third kappa shape index (κ3) is 6.07. The molecule has 0 unspecified atom stereocenters. The standard InChI is InChI=1S/C22H28N6O/c1-3-21-27-26-17-28(21)14-13-24-22(23-2)25-15-18-9-7-8-10-19(18)16-29-20-11-5-4-6-12-20/h4-12,17H,3,13-16H2,1-2H3,(H2,23,24,25). The maximum Gasteiger partial charge on any atom is 0.191 e. The van der Waals surface area contributed by atoms with Crippen molar-refractivity contribution in [3.63, 3.8) is 0 Å². The first-order valence-corrected chi connectivity index (χ1v) is 9.86. The Morgan fingerprint density at radius 1 is 1.03 bits per heavy atom. The Bertz CT molecular complexity index is 906. The lowest BCUT2D eigenvalue weighted by molar-refractivity contribution is 0.305. The molecular formula is C22H28N6O. The molecule has 1 aromatic heterocycles. The molecule has 0 radical (unpaired) electrons. The number of benzene rings is 2. The van der Waals surface area contributed by atoms with E-state index in [9.17, 15) is 0 Å². The lowest BCUT2D eigenvalue weighted by Crippen LogP contribution is -2.38. The van der Waals surface area contributed by atoms with Gasteiger partial charge in [0.2, 0.25) is 0 Å². The number of aromatic nitrogens is 3. The van der Waals surface area contributed by atoms with E-state index in [1.807, 2.05) is 42.5 Å². The molecule has 0 saturated carbocycles. The molecule has 0 amide bonds. The van der Waals surface area contributed by atoms with E-state index in [0.29, 0.717) is 13.2 Å². The number of nitrogens with one attached hydrogen (secondary N) is 2. The van der Waals surface area contributed by atoms with Crippen molar-refractivity contribution in [2.45, 2.75) is 33.0 Å². The SMILES string of the molecule is CCc1nncn1CCNC(=NC)NCc1ccccc1COc1ccccc1. The van der Waals surface area contributed by atoms with Gasteiger partial charge in [-0.3, -0.25) is 4.99 Å². The van der Waals surface area contributed by atoms with Crippen molar-refractivity contribution < 1.29 is 4.74 Å². The summed E-state index contributed by atoms with van der Waals surface area (Å²) in [6.45, 7) is 4.80. The second-order valence-corrected chi connectivity index (χ2v) is 6.52. The number of aliphatic imine (C=N–C) groups is 1. The third-order valence-corrected chi connectivity index (χ3v) is 4.58. The summed E-state index contributed by atoms with van der Waals surface area (Å²) >= 11 is 0. The highest BCUT2D eigenvalue weighted by Crippen LogP contribution is 2.14. The first-order valence-electron chi connectivity index (χ1n) is 9.86. The van der Waals surface area contributed by atoms with Gasteiger partial charge in [0.05, 0.1) is 0 Å². The molecule has 7 nitrogen and oxygen atoms in total. The molecule has 0 saturated heterocycles. The van der Waals surface area contributed by atoms with Gasteiger partial charge in [-0.2, -0.15) is 0 Å². The Labute approximate surface area is 171 Å². The van der Waals surface area contributed by atoms with Gasteiger partial charge in [-0.05, 0) is 23.3 Å². The molecule has 0 aliphatic heterocycles. The Hall–Kier alpha value is -3.35. The van der Waals surface area contributed by atoms with Gasteiger partial charge >= 0.3 is 0 Å². The van der Waals surface area contributed by atoms with Crippen LogP contribution in [0.4, 0.5) is 0 Å². The molecule has 29 heavy (non-hydrogen) atoms. The first kappa shape index (κ1) is 20.4. The monoisotopic (exact) mass is 392 g/mol. The van der Waals surface area contributed by atoms with E-state index in [2.05, 4.69) is 49.4 Å². The smallest absolute Gasteiger partial charge is 0.191 e. The molecule has 152 valence electrons. The molecule has 0 fully saturated rings. The highest BCUT2D eigenvalue weighted by Gasteiger charge is 2.06. The number of guanidine groups is 1. The molecule has 3 aromatic rings. The van der Waals surface area contributed by atoms with Crippen LogP contribution in [0.2, 0.25) is 0 Å². The molecule has 1 heterocycles. The average Bonchev–Trinajstić information content (AvgIpc) is 3.23. The predicted molar refractivity (Wildman–Crippen MR) is 115 cm³/mol. The quantitative estimate of drug-likeness (QED) is 0.433. The summed E-state index contributed by atoms with van der Waals surface area (Å²) in [5, 5.41) is 14.8. The predicted octanol–water partition coefficient (Wildman–Crippen LogP) is 2.78. The molecule has 0 atom stereocenters. The summed E-state index contributed by atoms with van der Waals surface area (Å²) < 4.78 is 7.96. The van der Waals surface area contributed by atoms with Gasteiger partial charge in [-0.1, -0.05) is 49.4 Å². The molecule has 0 aliphatic carbocycles. The van der Waals surface area contributed by atoms with E-state index in [1.165, 1.54) is 5.56 Å². The molecule has 3 rings (SSSR count). The molecular weight excluding hydrogens is 364 g/mol. The number of ether oxygens (including phenoxy) is 1. The minimum absolute atomic E-state index is 0.529. The van der Waals surface area contributed by atoms with Crippen LogP contribution in [-0.2, 0) is 26.1 Å². The highest BCUT2D eigenvalue weighted by atomic mass is 16.5. The Kier molecular flexibility index (Phi) is 7.63. The summed E-state index contributed by atoms with van der Waals surface area (Å²) in [4.78, 5) is 4.31. The number of para-hydroxylation sites is 1. The molecule has 2 aromatic carbocycles. The maximum atomic E-state index is 5.91. The van der Waals surface area contributed by atoms with Crippen molar-refractivity contribution in [1.29, 1.82) is 0 Å². The molecule has 0 spiro atoms. The fraction of sp³-hybridized carbons (Fsp3) is 0.318. The van der Waals surface area contributed by atoms with E-state index in [1.54, 1.807) is 13.4 Å². The summed E-state index contributed by atoms with van der Waals surface area (Å²) in [5.74, 6) is 2.62. The summed E-state index contributed by atoms with van der Waals surface area (Å²) in [5.41, 5.74) is 2.33. The summed E-state index contributed by atoms with van der Waals surface area (Å²) in [7, 11) is 1.77. The van der Waals surface area contributed by atoms with Gasteiger partial charge in [0, 0.05) is 33.1 Å². The van der Waals surface area contributed by atoms with Crippen molar-refractivity contribution >= 4 is 5.96 Å². The Morgan fingerprint density at radius 3 is 2.55 bits per heavy atom. The zero-order valence-corrected chi connectivity index (χ0v) is 17.0. The van der Waals surface area contributed by atoms with Crippen LogP contribution in [0.3, 0.4) is 0 Å². The van der Waals surface area contributed by atoms with Crippen molar-refractivity contribution in [2.75, 3.05) is 13.6 Å². The number of hydrogen-bond acceptors (Lipinski definition) is 4. The zero-order chi connectivity index (χ0) is 20.3. The van der Waals surface area contributed by atoms with Gasteiger partial charge in [0.15, 0.2) is 5.96 Å². The number of aryl methyl sites for hydroxylation is 1. The fourth-order valence-corrected chi connectivity index (χ4v) is 2.98. The van der Waals surface area contributed by atoms with Gasteiger partial charge in [0.25, 0.3) is 0 Å². The normalized spacial score (nSPS) is 11.3. The number of rotatable bonds is 9. The zero-order valence-electron chi connectivity index (χ0n) is 17.0. The van der Waals surface area contributed by atoms with Crippen LogP contribution in [0.25, 0.3) is 0 Å². The van der Waals surface area contributed by atoms with Crippen molar-refractivity contribution in [1.82, 2.24) is 25.4 Å². The lowest BCUT2D eigenvalue weighted by Gasteiger charge is -2.15. The van der Waals surface area contributed by atoms with Gasteiger partial charge in [-0.25, -0.2) is 0 Å². The minimum atomic E-state index is 0.529. The molecule has 0 bridgehead atoms. The lowest BCUT2D eigenvalue weighted by atomic mass is 10.1. The minimum Gasteiger partial charge on any atom is -0.489 e. The topological polar surface area (TPSA) is 76.4 Å². The third-order valence-electron chi connectivity index (χ3n) is 4.58. The second-order valence-electron chi connectivity index (χ2n) is 6.52. The number of hydrogen-bond donors (Lipinski definition) is 2. The fourth-order valence-electron chi connectivity index (χ4n) is 2.98. The van der Waals surface area contributed by atoms with Crippen molar-refractivity contribution in [3.8, 4) is 5.75 Å². The van der Waals surface area contributed by atoms with Crippen LogP contribution in [0, 0.1) is 0 Å². The number of nitrogens with zero attached hydrogens (tertiary/aromatic N) is 4. The van der Waals surface area contributed by atoms with Gasteiger partial charge in [-0.15, -0.1) is 10.2 Å². The largest absolute Gasteiger partial charge is 0.489 e. The van der Waals surface area contributed by atoms with E-state index >= 15 is 0 Å². The Balaban J connectivity index is 1.50.